The molecule has 1 N–H and O–H groups in total. The van der Waals surface area contributed by atoms with Gasteiger partial charge in [0.2, 0.25) is 10.0 Å². The third kappa shape index (κ3) is 3.56. The molecule has 1 saturated heterocycles. The highest BCUT2D eigenvalue weighted by molar-refractivity contribution is 7.89. The van der Waals surface area contributed by atoms with Gasteiger partial charge in [0, 0.05) is 17.6 Å². The van der Waals surface area contributed by atoms with Gasteiger partial charge in [-0.05, 0) is 57.8 Å². The van der Waals surface area contributed by atoms with Gasteiger partial charge in [0.05, 0.1) is 4.90 Å². The van der Waals surface area contributed by atoms with E-state index < -0.39 is 10.0 Å². The average molecular weight is 322 g/mol. The first kappa shape index (κ1) is 15.6. The van der Waals surface area contributed by atoms with Gasteiger partial charge in [0.15, 0.2) is 5.78 Å². The summed E-state index contributed by atoms with van der Waals surface area (Å²) in [6, 6.07) is 6.96. The molecule has 5 nitrogen and oxygen atoms in total. The molecule has 1 aromatic carbocycles. The second kappa shape index (κ2) is 6.10. The monoisotopic (exact) mass is 322 g/mol. The second-order valence-electron chi connectivity index (χ2n) is 6.25. The zero-order valence-electron chi connectivity index (χ0n) is 12.8. The molecule has 3 rings (SSSR count). The smallest absolute Gasteiger partial charge is 0.240 e. The van der Waals surface area contributed by atoms with E-state index in [0.29, 0.717) is 5.56 Å². The predicted octanol–water partition coefficient (Wildman–Crippen LogP) is 1.79. The van der Waals surface area contributed by atoms with E-state index in [4.69, 9.17) is 0 Å². The number of nitrogens with zero attached hydrogens (tertiary/aromatic N) is 1. The van der Waals surface area contributed by atoms with Crippen LogP contribution in [-0.2, 0) is 10.0 Å². The van der Waals surface area contributed by atoms with Crippen molar-refractivity contribution in [3.05, 3.63) is 29.8 Å². The van der Waals surface area contributed by atoms with Gasteiger partial charge in [-0.15, -0.1) is 0 Å². The maximum atomic E-state index is 12.5. The van der Waals surface area contributed by atoms with E-state index in [1.807, 2.05) is 0 Å². The Labute approximate surface area is 131 Å². The van der Waals surface area contributed by atoms with Gasteiger partial charge < -0.3 is 4.90 Å². The Balaban J connectivity index is 1.66. The SMILES string of the molecule is CC(=O)c1cccc(S(=O)(=O)NC2CCN(C3CC3)CC2)c1. The van der Waals surface area contributed by atoms with Crippen molar-refractivity contribution in [1.82, 2.24) is 9.62 Å². The summed E-state index contributed by atoms with van der Waals surface area (Å²) in [5, 5.41) is 0. The van der Waals surface area contributed by atoms with E-state index >= 15 is 0 Å². The summed E-state index contributed by atoms with van der Waals surface area (Å²) in [5.74, 6) is -0.130. The lowest BCUT2D eigenvalue weighted by Gasteiger charge is -2.32. The highest BCUT2D eigenvalue weighted by atomic mass is 32.2. The lowest BCUT2D eigenvalue weighted by atomic mass is 10.1. The number of hydrogen-bond donors (Lipinski definition) is 1. The topological polar surface area (TPSA) is 66.5 Å². The minimum absolute atomic E-state index is 0.0130. The molecule has 1 aromatic rings. The molecule has 0 unspecified atom stereocenters. The molecular formula is C16H22N2O3S. The van der Waals surface area contributed by atoms with Gasteiger partial charge in [-0.1, -0.05) is 12.1 Å². The van der Waals surface area contributed by atoms with Gasteiger partial charge in [-0.3, -0.25) is 4.79 Å². The molecule has 6 heteroatoms. The summed E-state index contributed by atoms with van der Waals surface area (Å²) in [6.45, 7) is 3.36. The molecule has 1 aliphatic carbocycles. The van der Waals surface area contributed by atoms with Crippen LogP contribution in [-0.4, -0.2) is 44.3 Å². The number of ketones is 1. The minimum atomic E-state index is -3.56. The molecule has 0 bridgehead atoms. The normalized spacial score (nSPS) is 21.0. The van der Waals surface area contributed by atoms with Gasteiger partial charge in [0.25, 0.3) is 0 Å². The molecule has 0 atom stereocenters. The van der Waals surface area contributed by atoms with Crippen molar-refractivity contribution in [1.29, 1.82) is 0 Å². The molecule has 120 valence electrons. The summed E-state index contributed by atoms with van der Waals surface area (Å²) in [7, 11) is -3.56. The Morgan fingerprint density at radius 2 is 1.86 bits per heavy atom. The number of nitrogens with one attached hydrogen (secondary N) is 1. The first-order chi connectivity index (χ1) is 10.5. The van der Waals surface area contributed by atoms with Crippen molar-refractivity contribution < 1.29 is 13.2 Å². The van der Waals surface area contributed by atoms with E-state index in [2.05, 4.69) is 9.62 Å². The second-order valence-corrected chi connectivity index (χ2v) is 7.96. The van der Waals surface area contributed by atoms with Crippen molar-refractivity contribution in [3.8, 4) is 0 Å². The summed E-state index contributed by atoms with van der Waals surface area (Å²) in [5.41, 5.74) is 0.423. The minimum Gasteiger partial charge on any atom is -0.300 e. The lowest BCUT2D eigenvalue weighted by molar-refractivity contribution is 0.101. The maximum absolute atomic E-state index is 12.5. The number of carbonyl (C=O) groups is 1. The molecule has 0 spiro atoms. The largest absolute Gasteiger partial charge is 0.300 e. The van der Waals surface area contributed by atoms with Crippen molar-refractivity contribution in [2.24, 2.45) is 0 Å². The van der Waals surface area contributed by atoms with Crippen molar-refractivity contribution in [2.75, 3.05) is 13.1 Å². The van der Waals surface area contributed by atoms with E-state index in [0.717, 1.165) is 32.0 Å². The Hall–Kier alpha value is -1.24. The van der Waals surface area contributed by atoms with Gasteiger partial charge >= 0.3 is 0 Å². The van der Waals surface area contributed by atoms with Crippen LogP contribution in [0.3, 0.4) is 0 Å². The number of piperidine rings is 1. The summed E-state index contributed by atoms with van der Waals surface area (Å²) < 4.78 is 27.7. The molecule has 1 aliphatic heterocycles. The fourth-order valence-electron chi connectivity index (χ4n) is 2.99. The summed E-state index contributed by atoms with van der Waals surface area (Å²) >= 11 is 0. The fourth-order valence-corrected chi connectivity index (χ4v) is 4.34. The number of sulfonamides is 1. The van der Waals surface area contributed by atoms with Crippen molar-refractivity contribution >= 4 is 15.8 Å². The quantitative estimate of drug-likeness (QED) is 0.840. The van der Waals surface area contributed by atoms with Crippen molar-refractivity contribution in [2.45, 2.75) is 49.6 Å². The van der Waals surface area contributed by atoms with E-state index in [1.165, 1.54) is 31.9 Å². The number of carbonyl (C=O) groups excluding carboxylic acids is 1. The van der Waals surface area contributed by atoms with Crippen LogP contribution >= 0.6 is 0 Å². The Bertz CT molecular complexity index is 660. The van der Waals surface area contributed by atoms with E-state index in [9.17, 15) is 13.2 Å². The molecule has 1 saturated carbocycles. The number of rotatable bonds is 5. The zero-order valence-corrected chi connectivity index (χ0v) is 13.6. The van der Waals surface area contributed by atoms with Crippen LogP contribution in [0.5, 0.6) is 0 Å². The Morgan fingerprint density at radius 3 is 2.45 bits per heavy atom. The van der Waals surface area contributed by atoms with Gasteiger partial charge in [0.1, 0.15) is 0 Å². The standard InChI is InChI=1S/C16H22N2O3S/c1-12(19)13-3-2-4-16(11-13)22(20,21)17-14-7-9-18(10-8-14)15-5-6-15/h2-4,11,14-15,17H,5-10H2,1H3. The van der Waals surface area contributed by atoms with Crippen LogP contribution in [0.15, 0.2) is 29.2 Å². The molecule has 22 heavy (non-hydrogen) atoms. The zero-order chi connectivity index (χ0) is 15.7. The third-order valence-corrected chi connectivity index (χ3v) is 5.98. The number of benzene rings is 1. The molecule has 1 heterocycles. The molecule has 2 aliphatic rings. The van der Waals surface area contributed by atoms with E-state index in [1.54, 1.807) is 12.1 Å². The first-order valence-corrected chi connectivity index (χ1v) is 9.31. The average Bonchev–Trinajstić information content (AvgIpc) is 3.32. The van der Waals surface area contributed by atoms with Crippen LogP contribution in [0.2, 0.25) is 0 Å². The molecular weight excluding hydrogens is 300 g/mol. The third-order valence-electron chi connectivity index (χ3n) is 4.47. The van der Waals surface area contributed by atoms with Crippen LogP contribution in [0.25, 0.3) is 0 Å². The number of Topliss-reactive ketones (excluding diaryl/α,β-unsaturated/α-hetero) is 1. The Kier molecular flexibility index (Phi) is 4.34. The van der Waals surface area contributed by atoms with Crippen LogP contribution < -0.4 is 4.72 Å². The Morgan fingerprint density at radius 1 is 1.18 bits per heavy atom. The lowest BCUT2D eigenvalue weighted by Crippen LogP contribution is -2.45. The summed E-state index contributed by atoms with van der Waals surface area (Å²) in [6.07, 6.45) is 4.27. The highest BCUT2D eigenvalue weighted by Crippen LogP contribution is 2.29. The first-order valence-electron chi connectivity index (χ1n) is 7.83. The number of likely N-dealkylation sites (tertiary alicyclic amines) is 1. The summed E-state index contributed by atoms with van der Waals surface area (Å²) in [4.78, 5) is 14.0. The number of hydrogen-bond acceptors (Lipinski definition) is 4. The predicted molar refractivity (Wildman–Crippen MR) is 84.4 cm³/mol. The molecule has 0 aromatic heterocycles. The van der Waals surface area contributed by atoms with E-state index in [-0.39, 0.29) is 16.7 Å². The van der Waals surface area contributed by atoms with Crippen LogP contribution in [0.1, 0.15) is 43.0 Å². The van der Waals surface area contributed by atoms with Crippen LogP contribution in [0, 0.1) is 0 Å². The molecule has 0 radical (unpaired) electrons. The molecule has 2 fully saturated rings. The van der Waals surface area contributed by atoms with Crippen LogP contribution in [0.4, 0.5) is 0 Å². The highest BCUT2D eigenvalue weighted by Gasteiger charge is 2.33. The molecule has 0 amide bonds. The van der Waals surface area contributed by atoms with Crippen molar-refractivity contribution in [3.63, 3.8) is 0 Å². The fraction of sp³-hybridized carbons (Fsp3) is 0.562. The maximum Gasteiger partial charge on any atom is 0.240 e. The van der Waals surface area contributed by atoms with Gasteiger partial charge in [-0.2, -0.15) is 0 Å². The van der Waals surface area contributed by atoms with Gasteiger partial charge in [-0.25, -0.2) is 13.1 Å².